The predicted octanol–water partition coefficient (Wildman–Crippen LogP) is 4.19. The highest BCUT2D eigenvalue weighted by molar-refractivity contribution is 7.14. The molecule has 0 atom stereocenters. The Morgan fingerprint density at radius 3 is 2.74 bits per heavy atom. The summed E-state index contributed by atoms with van der Waals surface area (Å²) in [7, 11) is 0. The van der Waals surface area contributed by atoms with Crippen molar-refractivity contribution in [2.75, 3.05) is 0 Å². The van der Waals surface area contributed by atoms with Gasteiger partial charge in [0.25, 0.3) is 5.00 Å². The fourth-order valence-corrected chi connectivity index (χ4v) is 3.31. The van der Waals surface area contributed by atoms with Gasteiger partial charge in [-0.05, 0) is 30.0 Å². The van der Waals surface area contributed by atoms with Gasteiger partial charge in [-0.3, -0.25) is 0 Å². The SMILES string of the molecule is CCc1ccc(-[n+]2cc3c(C(C)C)cccc3[nH]2)s1. The lowest BCUT2D eigenvalue weighted by Gasteiger charge is -2.03. The van der Waals surface area contributed by atoms with Crippen LogP contribution in [0.25, 0.3) is 15.9 Å². The van der Waals surface area contributed by atoms with Gasteiger partial charge < -0.3 is 0 Å². The summed E-state index contributed by atoms with van der Waals surface area (Å²) >= 11 is 1.85. The van der Waals surface area contributed by atoms with Crippen LogP contribution in [-0.4, -0.2) is 5.10 Å². The zero-order valence-corrected chi connectivity index (χ0v) is 12.4. The summed E-state index contributed by atoms with van der Waals surface area (Å²) < 4.78 is 2.14. The Labute approximate surface area is 117 Å². The highest BCUT2D eigenvalue weighted by atomic mass is 32.1. The van der Waals surface area contributed by atoms with Crippen LogP contribution < -0.4 is 4.68 Å². The van der Waals surface area contributed by atoms with Gasteiger partial charge in [-0.2, -0.15) is 5.10 Å². The van der Waals surface area contributed by atoms with Crippen LogP contribution in [-0.2, 0) is 6.42 Å². The molecule has 19 heavy (non-hydrogen) atoms. The minimum absolute atomic E-state index is 0.544. The molecule has 0 saturated heterocycles. The number of nitrogens with zero attached hydrogens (tertiary/aromatic N) is 1. The molecule has 1 N–H and O–H groups in total. The maximum absolute atomic E-state index is 3.47. The molecule has 0 radical (unpaired) electrons. The molecule has 0 fully saturated rings. The number of fused-ring (bicyclic) bond motifs is 1. The van der Waals surface area contributed by atoms with Crippen molar-refractivity contribution in [3.63, 3.8) is 0 Å². The molecule has 0 saturated carbocycles. The minimum atomic E-state index is 0.544. The number of aryl methyl sites for hydroxylation is 1. The molecule has 0 unspecified atom stereocenters. The number of aromatic nitrogens is 2. The third-order valence-corrected chi connectivity index (χ3v) is 4.72. The molecule has 0 aliphatic heterocycles. The van der Waals surface area contributed by atoms with E-state index in [0.29, 0.717) is 5.92 Å². The molecule has 0 bridgehead atoms. The van der Waals surface area contributed by atoms with Crippen LogP contribution in [0.3, 0.4) is 0 Å². The van der Waals surface area contributed by atoms with Crippen molar-refractivity contribution in [2.45, 2.75) is 33.1 Å². The molecule has 2 aromatic heterocycles. The van der Waals surface area contributed by atoms with E-state index in [-0.39, 0.29) is 0 Å². The van der Waals surface area contributed by atoms with Gasteiger partial charge in [-0.25, -0.2) is 0 Å². The zero-order chi connectivity index (χ0) is 13.4. The number of rotatable bonds is 3. The van der Waals surface area contributed by atoms with Crippen molar-refractivity contribution in [3.8, 4) is 5.00 Å². The van der Waals surface area contributed by atoms with Crippen molar-refractivity contribution in [2.24, 2.45) is 0 Å². The minimum Gasteiger partial charge on any atom is -0.159 e. The standard InChI is InChI=1S/C16H18N2S/c1-4-12-8-9-16(19-12)18-10-14-13(11(2)3)6-5-7-15(14)17-18/h5-11H,4H2,1-3H3/p+1. The van der Waals surface area contributed by atoms with Crippen LogP contribution in [0.4, 0.5) is 0 Å². The van der Waals surface area contributed by atoms with Gasteiger partial charge in [0.2, 0.25) is 6.20 Å². The first-order valence-electron chi connectivity index (χ1n) is 6.81. The number of nitrogens with one attached hydrogen (secondary N) is 1. The van der Waals surface area contributed by atoms with E-state index in [1.54, 1.807) is 0 Å². The Hall–Kier alpha value is -1.61. The molecule has 3 rings (SSSR count). The third kappa shape index (κ3) is 2.19. The molecule has 1 aromatic carbocycles. The zero-order valence-electron chi connectivity index (χ0n) is 11.6. The van der Waals surface area contributed by atoms with Crippen molar-refractivity contribution in [3.05, 3.63) is 47.0 Å². The molecule has 3 aromatic rings. The average molecular weight is 271 g/mol. The van der Waals surface area contributed by atoms with Crippen LogP contribution in [0.1, 0.15) is 37.1 Å². The topological polar surface area (TPSA) is 19.7 Å². The van der Waals surface area contributed by atoms with Gasteiger partial charge in [-0.1, -0.05) is 48.9 Å². The summed E-state index contributed by atoms with van der Waals surface area (Å²) in [4.78, 5) is 1.42. The fraction of sp³-hybridized carbons (Fsp3) is 0.312. The molecule has 3 heteroatoms. The molecule has 0 amide bonds. The summed E-state index contributed by atoms with van der Waals surface area (Å²) in [6.07, 6.45) is 3.32. The lowest BCUT2D eigenvalue weighted by atomic mass is 10.00. The Morgan fingerprint density at radius 1 is 1.21 bits per heavy atom. The summed E-state index contributed by atoms with van der Waals surface area (Å²) in [5.41, 5.74) is 2.61. The number of H-pyrrole nitrogens is 1. The van der Waals surface area contributed by atoms with E-state index in [2.05, 4.69) is 67.1 Å². The third-order valence-electron chi connectivity index (χ3n) is 3.49. The number of benzene rings is 1. The van der Waals surface area contributed by atoms with E-state index >= 15 is 0 Å². The Bertz CT molecular complexity index is 706. The van der Waals surface area contributed by atoms with Crippen molar-refractivity contribution in [1.82, 2.24) is 5.10 Å². The first kappa shape index (κ1) is 12.4. The molecule has 0 spiro atoms. The van der Waals surface area contributed by atoms with Gasteiger partial charge >= 0.3 is 0 Å². The first-order valence-corrected chi connectivity index (χ1v) is 7.63. The average Bonchev–Trinajstić information content (AvgIpc) is 3.03. The van der Waals surface area contributed by atoms with Crippen LogP contribution in [0.15, 0.2) is 36.5 Å². The van der Waals surface area contributed by atoms with Crippen LogP contribution in [0, 0.1) is 0 Å². The predicted molar refractivity (Wildman–Crippen MR) is 81.2 cm³/mol. The molecular formula is C16H19N2S+. The summed E-state index contributed by atoms with van der Waals surface area (Å²) in [6, 6.07) is 10.9. The second-order valence-electron chi connectivity index (χ2n) is 5.17. The van der Waals surface area contributed by atoms with E-state index in [1.165, 1.54) is 26.3 Å². The van der Waals surface area contributed by atoms with E-state index in [4.69, 9.17) is 0 Å². The maximum Gasteiger partial charge on any atom is 0.291 e. The normalized spacial score (nSPS) is 11.6. The lowest BCUT2D eigenvalue weighted by molar-refractivity contribution is -0.649. The number of thiophene rings is 1. The van der Waals surface area contributed by atoms with Gasteiger partial charge in [0.05, 0.1) is 5.39 Å². The van der Waals surface area contributed by atoms with Crippen molar-refractivity contribution >= 4 is 22.2 Å². The van der Waals surface area contributed by atoms with Crippen LogP contribution in [0.5, 0.6) is 0 Å². The molecule has 0 aliphatic rings. The Kier molecular flexibility index (Phi) is 3.15. The molecule has 0 aliphatic carbocycles. The second-order valence-corrected chi connectivity index (χ2v) is 6.31. The van der Waals surface area contributed by atoms with E-state index < -0.39 is 0 Å². The lowest BCUT2D eigenvalue weighted by Crippen LogP contribution is -2.29. The monoisotopic (exact) mass is 271 g/mol. The molecule has 2 heterocycles. The molecular weight excluding hydrogens is 252 g/mol. The quantitative estimate of drug-likeness (QED) is 0.689. The van der Waals surface area contributed by atoms with Gasteiger partial charge in [0.1, 0.15) is 5.52 Å². The van der Waals surface area contributed by atoms with Gasteiger partial charge in [0, 0.05) is 10.9 Å². The Balaban J connectivity index is 2.13. The van der Waals surface area contributed by atoms with Crippen molar-refractivity contribution < 1.29 is 4.68 Å². The van der Waals surface area contributed by atoms with Gasteiger partial charge in [0.15, 0.2) is 0 Å². The van der Waals surface area contributed by atoms with E-state index in [1.807, 2.05) is 11.3 Å². The molecule has 2 nitrogen and oxygen atoms in total. The largest absolute Gasteiger partial charge is 0.291 e. The van der Waals surface area contributed by atoms with E-state index in [9.17, 15) is 0 Å². The fourth-order valence-electron chi connectivity index (χ4n) is 2.42. The van der Waals surface area contributed by atoms with Gasteiger partial charge in [-0.15, -0.1) is 0 Å². The van der Waals surface area contributed by atoms with Crippen molar-refractivity contribution in [1.29, 1.82) is 0 Å². The maximum atomic E-state index is 3.47. The summed E-state index contributed by atoms with van der Waals surface area (Å²) in [5.74, 6) is 0.544. The number of aromatic amines is 1. The number of hydrogen-bond donors (Lipinski definition) is 1. The summed E-state index contributed by atoms with van der Waals surface area (Å²) in [6.45, 7) is 6.68. The molecule has 98 valence electrons. The summed E-state index contributed by atoms with van der Waals surface area (Å²) in [5, 5.41) is 6.05. The van der Waals surface area contributed by atoms with Crippen LogP contribution >= 0.6 is 11.3 Å². The highest BCUT2D eigenvalue weighted by Gasteiger charge is 2.16. The van der Waals surface area contributed by atoms with E-state index in [0.717, 1.165) is 6.42 Å². The smallest absolute Gasteiger partial charge is 0.159 e. The number of hydrogen-bond acceptors (Lipinski definition) is 1. The van der Waals surface area contributed by atoms with Crippen LogP contribution in [0.2, 0.25) is 0 Å². The second kappa shape index (κ2) is 4.82. The highest BCUT2D eigenvalue weighted by Crippen LogP contribution is 2.24. The first-order chi connectivity index (χ1) is 9.19. The Morgan fingerprint density at radius 2 is 2.05 bits per heavy atom.